The van der Waals surface area contributed by atoms with Gasteiger partial charge in [0.2, 0.25) is 0 Å². The Morgan fingerprint density at radius 3 is 2.84 bits per heavy atom. The number of aliphatic hydroxyl groups is 1. The highest BCUT2D eigenvalue weighted by atomic mass is 16.3. The SMILES string of the molecule is OC(Cc1ccn(C2CCCCC2)n1)C1CCCN1. The van der Waals surface area contributed by atoms with Crippen molar-refractivity contribution < 1.29 is 5.11 Å². The molecule has 19 heavy (non-hydrogen) atoms. The van der Waals surface area contributed by atoms with Crippen LogP contribution in [0.1, 0.15) is 56.7 Å². The third-order valence-corrected chi connectivity index (χ3v) is 4.59. The van der Waals surface area contributed by atoms with Crippen LogP contribution in [0.3, 0.4) is 0 Å². The summed E-state index contributed by atoms with van der Waals surface area (Å²) in [6, 6.07) is 2.93. The Hall–Kier alpha value is -0.870. The van der Waals surface area contributed by atoms with Gasteiger partial charge in [-0.05, 0) is 38.3 Å². The summed E-state index contributed by atoms with van der Waals surface area (Å²) >= 11 is 0. The maximum Gasteiger partial charge on any atom is 0.0749 e. The minimum atomic E-state index is -0.294. The number of hydrogen-bond donors (Lipinski definition) is 2. The molecule has 0 spiro atoms. The number of aromatic nitrogens is 2. The Morgan fingerprint density at radius 1 is 1.26 bits per heavy atom. The van der Waals surface area contributed by atoms with Gasteiger partial charge in [-0.3, -0.25) is 4.68 Å². The van der Waals surface area contributed by atoms with Crippen LogP contribution < -0.4 is 5.32 Å². The summed E-state index contributed by atoms with van der Waals surface area (Å²) in [7, 11) is 0. The molecule has 0 amide bonds. The molecule has 2 atom stereocenters. The molecule has 2 heterocycles. The monoisotopic (exact) mass is 263 g/mol. The molecule has 1 aliphatic carbocycles. The summed E-state index contributed by atoms with van der Waals surface area (Å²) in [5.74, 6) is 0. The lowest BCUT2D eigenvalue weighted by Crippen LogP contribution is -2.36. The highest BCUT2D eigenvalue weighted by Crippen LogP contribution is 2.27. The van der Waals surface area contributed by atoms with Crippen molar-refractivity contribution in [1.29, 1.82) is 0 Å². The fourth-order valence-electron chi connectivity index (χ4n) is 3.43. The molecule has 0 bridgehead atoms. The predicted molar refractivity (Wildman–Crippen MR) is 75.1 cm³/mol. The Bertz CT molecular complexity index is 392. The maximum absolute atomic E-state index is 10.2. The van der Waals surface area contributed by atoms with Gasteiger partial charge in [0.1, 0.15) is 0 Å². The topological polar surface area (TPSA) is 50.1 Å². The number of nitrogens with zero attached hydrogens (tertiary/aromatic N) is 2. The zero-order chi connectivity index (χ0) is 13.1. The van der Waals surface area contributed by atoms with Gasteiger partial charge in [-0.15, -0.1) is 0 Å². The van der Waals surface area contributed by atoms with Gasteiger partial charge >= 0.3 is 0 Å². The average Bonchev–Trinajstić information content (AvgIpc) is 3.11. The van der Waals surface area contributed by atoms with Gasteiger partial charge in [-0.1, -0.05) is 19.3 Å². The van der Waals surface area contributed by atoms with E-state index in [1.807, 2.05) is 0 Å². The first kappa shape index (κ1) is 13.1. The summed E-state index contributed by atoms with van der Waals surface area (Å²) in [6.45, 7) is 1.04. The lowest BCUT2D eigenvalue weighted by atomic mass is 9.96. The molecular weight excluding hydrogens is 238 g/mol. The number of nitrogens with one attached hydrogen (secondary N) is 1. The summed E-state index contributed by atoms with van der Waals surface area (Å²) in [5, 5.41) is 18.2. The summed E-state index contributed by atoms with van der Waals surface area (Å²) in [4.78, 5) is 0. The van der Waals surface area contributed by atoms with Crippen LogP contribution in [0.25, 0.3) is 0 Å². The normalized spacial score (nSPS) is 26.7. The highest BCUT2D eigenvalue weighted by molar-refractivity contribution is 5.03. The van der Waals surface area contributed by atoms with E-state index in [2.05, 4.69) is 27.4 Å². The van der Waals surface area contributed by atoms with E-state index in [4.69, 9.17) is 0 Å². The fraction of sp³-hybridized carbons (Fsp3) is 0.800. The molecule has 106 valence electrons. The van der Waals surface area contributed by atoms with Crippen molar-refractivity contribution in [2.75, 3.05) is 6.54 Å². The summed E-state index contributed by atoms with van der Waals surface area (Å²) in [6.07, 6.45) is 11.3. The van der Waals surface area contributed by atoms with Gasteiger partial charge in [0.05, 0.1) is 17.8 Å². The second-order valence-electron chi connectivity index (χ2n) is 6.05. The second-order valence-corrected chi connectivity index (χ2v) is 6.05. The third kappa shape index (κ3) is 3.18. The van der Waals surface area contributed by atoms with Crippen LogP contribution >= 0.6 is 0 Å². The van der Waals surface area contributed by atoms with Crippen LogP contribution in [0.5, 0.6) is 0 Å². The standard InChI is InChI=1S/C15H25N3O/c19-15(14-7-4-9-16-14)11-12-8-10-18(17-12)13-5-2-1-3-6-13/h8,10,13-16,19H,1-7,9,11H2. The molecule has 2 unspecified atom stereocenters. The molecule has 2 aliphatic rings. The molecule has 0 aromatic carbocycles. The summed E-state index contributed by atoms with van der Waals surface area (Å²) in [5.41, 5.74) is 1.03. The molecular formula is C15H25N3O. The number of aliphatic hydroxyl groups excluding tert-OH is 1. The van der Waals surface area contributed by atoms with Crippen molar-refractivity contribution in [2.45, 2.75) is 69.6 Å². The van der Waals surface area contributed by atoms with E-state index < -0.39 is 0 Å². The van der Waals surface area contributed by atoms with Crippen molar-refractivity contribution in [3.63, 3.8) is 0 Å². The molecule has 2 N–H and O–H groups in total. The molecule has 1 saturated carbocycles. The smallest absolute Gasteiger partial charge is 0.0749 e. The van der Waals surface area contributed by atoms with E-state index in [1.54, 1.807) is 0 Å². The predicted octanol–water partition coefficient (Wildman–Crippen LogP) is 2.04. The van der Waals surface area contributed by atoms with Gasteiger partial charge in [0, 0.05) is 18.7 Å². The van der Waals surface area contributed by atoms with Crippen molar-refractivity contribution >= 4 is 0 Å². The first-order valence-electron chi connectivity index (χ1n) is 7.78. The summed E-state index contributed by atoms with van der Waals surface area (Å²) < 4.78 is 2.13. The third-order valence-electron chi connectivity index (χ3n) is 4.59. The zero-order valence-electron chi connectivity index (χ0n) is 11.6. The molecule has 1 aliphatic heterocycles. The van der Waals surface area contributed by atoms with Gasteiger partial charge in [0.25, 0.3) is 0 Å². The molecule has 3 rings (SSSR count). The zero-order valence-corrected chi connectivity index (χ0v) is 11.6. The van der Waals surface area contributed by atoms with Crippen LogP contribution in [-0.4, -0.2) is 33.6 Å². The first-order valence-corrected chi connectivity index (χ1v) is 7.78. The Balaban J connectivity index is 1.57. The van der Waals surface area contributed by atoms with E-state index in [1.165, 1.54) is 38.5 Å². The highest BCUT2D eigenvalue weighted by Gasteiger charge is 2.24. The minimum Gasteiger partial charge on any atom is -0.391 e. The van der Waals surface area contributed by atoms with Crippen molar-refractivity contribution in [1.82, 2.24) is 15.1 Å². The molecule has 1 saturated heterocycles. The van der Waals surface area contributed by atoms with Gasteiger partial charge in [0.15, 0.2) is 0 Å². The molecule has 4 nitrogen and oxygen atoms in total. The molecule has 4 heteroatoms. The lowest BCUT2D eigenvalue weighted by Gasteiger charge is -2.22. The lowest BCUT2D eigenvalue weighted by molar-refractivity contribution is 0.134. The van der Waals surface area contributed by atoms with Crippen LogP contribution in [0.2, 0.25) is 0 Å². The van der Waals surface area contributed by atoms with Crippen LogP contribution in [-0.2, 0) is 6.42 Å². The van der Waals surface area contributed by atoms with Gasteiger partial charge in [-0.2, -0.15) is 5.10 Å². The van der Waals surface area contributed by atoms with E-state index in [0.717, 1.165) is 18.7 Å². The van der Waals surface area contributed by atoms with Crippen molar-refractivity contribution in [2.24, 2.45) is 0 Å². The Labute approximate surface area is 115 Å². The van der Waals surface area contributed by atoms with E-state index in [9.17, 15) is 5.11 Å². The largest absolute Gasteiger partial charge is 0.391 e. The van der Waals surface area contributed by atoms with Crippen LogP contribution in [0.4, 0.5) is 0 Å². The second kappa shape index (κ2) is 6.06. The molecule has 1 aromatic rings. The minimum absolute atomic E-state index is 0.264. The van der Waals surface area contributed by atoms with Crippen LogP contribution in [0, 0.1) is 0 Å². The van der Waals surface area contributed by atoms with Gasteiger partial charge < -0.3 is 10.4 Å². The molecule has 2 fully saturated rings. The van der Waals surface area contributed by atoms with Crippen molar-refractivity contribution in [3.05, 3.63) is 18.0 Å². The Kier molecular flexibility index (Phi) is 4.18. The molecule has 0 radical (unpaired) electrons. The Morgan fingerprint density at radius 2 is 2.11 bits per heavy atom. The maximum atomic E-state index is 10.2. The van der Waals surface area contributed by atoms with E-state index >= 15 is 0 Å². The van der Waals surface area contributed by atoms with E-state index in [-0.39, 0.29) is 12.1 Å². The quantitative estimate of drug-likeness (QED) is 0.874. The van der Waals surface area contributed by atoms with Crippen LogP contribution in [0.15, 0.2) is 12.3 Å². The van der Waals surface area contributed by atoms with E-state index in [0.29, 0.717) is 12.5 Å². The van der Waals surface area contributed by atoms with Crippen molar-refractivity contribution in [3.8, 4) is 0 Å². The first-order chi connectivity index (χ1) is 9.33. The fourth-order valence-corrected chi connectivity index (χ4v) is 3.43. The number of hydrogen-bond acceptors (Lipinski definition) is 3. The van der Waals surface area contributed by atoms with Gasteiger partial charge in [-0.25, -0.2) is 0 Å². The number of rotatable bonds is 4. The molecule has 1 aromatic heterocycles. The average molecular weight is 263 g/mol.